The number of carbonyl (C=O) groups is 5. The van der Waals surface area contributed by atoms with Gasteiger partial charge >= 0.3 is 35.3 Å². The average molecular weight is 1080 g/mol. The Morgan fingerprint density at radius 1 is 1.03 bits per heavy atom. The SMILES string of the molecule is CC(C)(COP(=O)(O)OP(=O)(O)OCC1OC(n2cnc3c(N)ncnc32)C(O)C1OP(=O)(O)O)C(O)C(=O)NCCC(=O)NCCSC(=O)C(=O)Nc1ccc(I)cc1C(=O)O. The Balaban J connectivity index is 1.20. The van der Waals surface area contributed by atoms with Crippen LogP contribution in [0.2, 0.25) is 0 Å². The normalized spacial score (nSPS) is 20.3. The molecule has 7 atom stereocenters. The number of aromatic carboxylic acids is 1. The maximum Gasteiger partial charge on any atom is 0.481 e. The van der Waals surface area contributed by atoms with Crippen LogP contribution in [0, 0.1) is 8.99 Å². The second-order valence-electron chi connectivity index (χ2n) is 13.7. The lowest BCUT2D eigenvalue weighted by Crippen LogP contribution is -2.46. The number of aromatic nitrogens is 4. The zero-order chi connectivity index (χ0) is 47.1. The number of anilines is 2. The van der Waals surface area contributed by atoms with Crippen molar-refractivity contribution in [2.24, 2.45) is 5.41 Å². The third-order valence-corrected chi connectivity index (χ3v) is 13.0. The van der Waals surface area contributed by atoms with E-state index in [0.29, 0.717) is 15.3 Å². The molecule has 33 heteroatoms. The summed E-state index contributed by atoms with van der Waals surface area (Å²) in [4.78, 5) is 112. The van der Waals surface area contributed by atoms with E-state index in [2.05, 4.69) is 39.7 Å². The highest BCUT2D eigenvalue weighted by Gasteiger charge is 2.50. The molecular weight excluding hydrogens is 1040 g/mol. The maximum atomic E-state index is 12.7. The minimum Gasteiger partial charge on any atom is -0.478 e. The fraction of sp³-hybridized carbons (Fsp3) is 0.467. The third-order valence-electron chi connectivity index (χ3n) is 8.38. The van der Waals surface area contributed by atoms with E-state index in [1.54, 1.807) is 0 Å². The fourth-order valence-electron chi connectivity index (χ4n) is 5.32. The van der Waals surface area contributed by atoms with Crippen molar-refractivity contribution < 1.29 is 95.2 Å². The lowest BCUT2D eigenvalue weighted by atomic mass is 9.87. The van der Waals surface area contributed by atoms with Gasteiger partial charge in [-0.25, -0.2) is 33.4 Å². The van der Waals surface area contributed by atoms with E-state index in [1.807, 2.05) is 22.6 Å². The number of ether oxygens (including phenoxy) is 1. The Hall–Kier alpha value is -3.55. The molecule has 4 rings (SSSR count). The Morgan fingerprint density at radius 2 is 1.71 bits per heavy atom. The molecule has 7 unspecified atom stereocenters. The van der Waals surface area contributed by atoms with Crippen molar-refractivity contribution in [3.8, 4) is 0 Å². The summed E-state index contributed by atoms with van der Waals surface area (Å²) in [6.07, 6.45) is -7.28. The molecule has 28 nitrogen and oxygen atoms in total. The van der Waals surface area contributed by atoms with Gasteiger partial charge in [-0.3, -0.25) is 37.3 Å². The molecule has 1 aliphatic heterocycles. The predicted molar refractivity (Wildman–Crippen MR) is 222 cm³/mol. The highest BCUT2D eigenvalue weighted by molar-refractivity contribution is 14.1. The lowest BCUT2D eigenvalue weighted by Gasteiger charge is -2.30. The van der Waals surface area contributed by atoms with Gasteiger partial charge in [0.25, 0.3) is 5.12 Å². The van der Waals surface area contributed by atoms with Crippen molar-refractivity contribution in [3.05, 3.63) is 40.0 Å². The molecule has 0 bridgehead atoms. The number of phosphoric ester groups is 3. The molecule has 1 fully saturated rings. The molecule has 3 amide bonds. The molecule has 2 aromatic heterocycles. The predicted octanol–water partition coefficient (Wildman–Crippen LogP) is -0.394. The average Bonchev–Trinajstić information content (AvgIpc) is 3.74. The van der Waals surface area contributed by atoms with Gasteiger partial charge in [0.2, 0.25) is 11.8 Å². The Labute approximate surface area is 372 Å². The van der Waals surface area contributed by atoms with Gasteiger partial charge in [-0.2, -0.15) is 4.31 Å². The molecule has 1 aromatic carbocycles. The number of benzene rings is 1. The van der Waals surface area contributed by atoms with E-state index >= 15 is 0 Å². The third kappa shape index (κ3) is 15.0. The van der Waals surface area contributed by atoms with Gasteiger partial charge in [0, 0.05) is 34.2 Å². The van der Waals surface area contributed by atoms with Crippen LogP contribution in [0.15, 0.2) is 30.9 Å². The molecule has 12 N–H and O–H groups in total. The van der Waals surface area contributed by atoms with Gasteiger partial charge in [0.15, 0.2) is 17.7 Å². The fourth-order valence-corrected chi connectivity index (χ4v) is 9.21. The molecule has 3 heterocycles. The summed E-state index contributed by atoms with van der Waals surface area (Å²) in [5, 5.41) is 36.8. The first-order valence-electron chi connectivity index (χ1n) is 17.6. The summed E-state index contributed by atoms with van der Waals surface area (Å²) in [5.74, 6) is -4.15. The Bertz CT molecular complexity index is 2350. The topological polar surface area (TPSA) is 430 Å². The van der Waals surface area contributed by atoms with E-state index in [1.165, 1.54) is 32.0 Å². The number of rotatable bonds is 21. The van der Waals surface area contributed by atoms with E-state index in [9.17, 15) is 72.6 Å². The first kappa shape index (κ1) is 52.1. The number of nitrogens with two attached hydrogens (primary N) is 1. The van der Waals surface area contributed by atoms with Crippen molar-refractivity contribution in [3.63, 3.8) is 0 Å². The first-order chi connectivity index (χ1) is 29.2. The quantitative estimate of drug-likeness (QED) is 0.0280. The summed E-state index contributed by atoms with van der Waals surface area (Å²) < 4.78 is 62.7. The van der Waals surface area contributed by atoms with Gasteiger partial charge in [-0.05, 0) is 40.8 Å². The number of amides is 3. The number of carboxylic acids is 1. The van der Waals surface area contributed by atoms with Gasteiger partial charge in [-0.15, -0.1) is 0 Å². The number of nitrogens with one attached hydrogen (secondary N) is 3. The van der Waals surface area contributed by atoms with Crippen molar-refractivity contribution in [2.75, 3.05) is 43.1 Å². The number of aliphatic hydroxyl groups excluding tert-OH is 2. The number of nitrogen functional groups attached to an aromatic ring is 1. The molecule has 0 saturated carbocycles. The smallest absolute Gasteiger partial charge is 0.478 e. The second-order valence-corrected chi connectivity index (χ2v) is 20.2. The minimum absolute atomic E-state index is 0.00996. The summed E-state index contributed by atoms with van der Waals surface area (Å²) in [7, 11) is -16.5. The highest BCUT2D eigenvalue weighted by Crippen LogP contribution is 2.61. The number of thioether (sulfide) groups is 1. The summed E-state index contributed by atoms with van der Waals surface area (Å²) in [6.45, 7) is -0.0979. The molecule has 63 heavy (non-hydrogen) atoms. The van der Waals surface area contributed by atoms with Crippen LogP contribution in [0.5, 0.6) is 0 Å². The number of nitrogens with zero attached hydrogens (tertiary/aromatic N) is 4. The van der Waals surface area contributed by atoms with Crippen molar-refractivity contribution in [1.29, 1.82) is 0 Å². The van der Waals surface area contributed by atoms with E-state index < -0.39 is 102 Å². The van der Waals surface area contributed by atoms with Crippen LogP contribution in [-0.2, 0) is 55.5 Å². The largest absolute Gasteiger partial charge is 0.481 e. The number of aliphatic hydroxyl groups is 2. The van der Waals surface area contributed by atoms with Gasteiger partial charge in [0.1, 0.15) is 36.3 Å². The number of carboxylic acid groups (broad SMARTS) is 1. The Morgan fingerprint density at radius 3 is 2.38 bits per heavy atom. The number of fused-ring (bicyclic) bond motifs is 1. The molecule has 0 radical (unpaired) electrons. The zero-order valence-electron chi connectivity index (χ0n) is 32.4. The van der Waals surface area contributed by atoms with E-state index in [0.717, 1.165) is 17.2 Å². The van der Waals surface area contributed by atoms with Crippen molar-refractivity contribution in [2.45, 2.75) is 50.9 Å². The molecule has 348 valence electrons. The zero-order valence-corrected chi connectivity index (χ0v) is 38.1. The van der Waals surface area contributed by atoms with Gasteiger partial charge in [-0.1, -0.05) is 25.6 Å². The van der Waals surface area contributed by atoms with Crippen LogP contribution >= 0.6 is 57.8 Å². The summed E-state index contributed by atoms with van der Waals surface area (Å²) >= 11 is 2.44. The summed E-state index contributed by atoms with van der Waals surface area (Å²) in [6, 6.07) is 4.18. The summed E-state index contributed by atoms with van der Waals surface area (Å²) in [5.41, 5.74) is 3.86. The van der Waals surface area contributed by atoms with Crippen LogP contribution < -0.4 is 21.7 Å². The van der Waals surface area contributed by atoms with Crippen LogP contribution in [0.4, 0.5) is 11.5 Å². The van der Waals surface area contributed by atoms with Crippen molar-refractivity contribution in [1.82, 2.24) is 30.2 Å². The first-order valence-corrected chi connectivity index (χ1v) is 24.2. The second kappa shape index (κ2) is 21.6. The van der Waals surface area contributed by atoms with Crippen LogP contribution in [0.1, 0.15) is 36.9 Å². The maximum absolute atomic E-state index is 12.7. The number of hydrogen-bond acceptors (Lipinski definition) is 20. The monoisotopic (exact) mass is 1080 g/mol. The van der Waals surface area contributed by atoms with Gasteiger partial charge in [0.05, 0.1) is 30.8 Å². The lowest BCUT2D eigenvalue weighted by molar-refractivity contribution is -0.137. The van der Waals surface area contributed by atoms with E-state index in [4.69, 9.17) is 19.5 Å². The number of imidazole rings is 1. The number of phosphoric acid groups is 3. The highest BCUT2D eigenvalue weighted by atomic mass is 127. The van der Waals surface area contributed by atoms with Crippen LogP contribution in [-0.4, -0.2) is 140 Å². The van der Waals surface area contributed by atoms with Crippen LogP contribution in [0.25, 0.3) is 11.2 Å². The minimum atomic E-state index is -5.62. The number of halogens is 1. The van der Waals surface area contributed by atoms with Crippen molar-refractivity contribution >= 4 is 109 Å². The molecule has 1 aliphatic rings. The molecular formula is C30H40IN8O20P3S. The number of hydrogen-bond donors (Lipinski definition) is 11. The van der Waals surface area contributed by atoms with Gasteiger partial charge < -0.3 is 61.3 Å². The molecule has 0 spiro atoms. The Kier molecular flexibility index (Phi) is 17.9. The standard InChI is InChI=1S/C30H40IN8O20P3S/c1-30(2,22(42)25(43)34-6-5-18(40)33-7-8-63-29(47)26(44)38-16-4-3-14(31)9-15(16)28(45)46)11-56-62(53,54)59-61(51,52)55-10-17-21(58-60(48,49)50)20(41)27(57-17)39-13-37-19-23(32)35-12-36-24(19)39/h3-4,9,12-13,17,20-22,27,41-42H,5-8,10-11H2,1-2H3,(H,33,40)(H,34,43)(H,38,44)(H,45,46)(H,51,52)(H,53,54)(H2,32,35,36)(H2,48,49,50). The van der Waals surface area contributed by atoms with Crippen LogP contribution in [0.3, 0.4) is 0 Å². The molecule has 1 saturated heterocycles. The molecule has 3 aromatic rings. The van der Waals surface area contributed by atoms with E-state index in [-0.39, 0.29) is 53.5 Å². The molecule has 0 aliphatic carbocycles. The number of carbonyl (C=O) groups excluding carboxylic acids is 4.